The molecule has 2 N–H and O–H groups in total. The van der Waals surface area contributed by atoms with Crippen molar-refractivity contribution in [3.05, 3.63) is 63.6 Å². The van der Waals surface area contributed by atoms with Crippen molar-refractivity contribution < 1.29 is 9.59 Å². The van der Waals surface area contributed by atoms with Crippen LogP contribution in [0.15, 0.2) is 41.2 Å². The normalized spacial score (nSPS) is 15.0. The number of hydrogen-bond donors (Lipinski definition) is 2. The molecule has 3 rings (SSSR count). The number of nitrogens with one attached hydrogen (secondary N) is 2. The molecule has 0 unspecified atom stereocenters. The Bertz CT molecular complexity index is 800. The summed E-state index contributed by atoms with van der Waals surface area (Å²) in [5.41, 5.74) is 1.64. The topological polar surface area (TPSA) is 95.2 Å². The second kappa shape index (κ2) is 7.29. The van der Waals surface area contributed by atoms with Crippen LogP contribution < -0.4 is 10.9 Å². The smallest absolute Gasteiger partial charge is 0.274 e. The zero-order chi connectivity index (χ0) is 17.8. The molecule has 0 aliphatic carbocycles. The highest BCUT2D eigenvalue weighted by Gasteiger charge is 2.25. The van der Waals surface area contributed by atoms with Gasteiger partial charge in [-0.05, 0) is 38.0 Å². The predicted molar refractivity (Wildman–Crippen MR) is 92.4 cm³/mol. The third kappa shape index (κ3) is 4.12. The van der Waals surface area contributed by atoms with Gasteiger partial charge < -0.3 is 10.2 Å². The standard InChI is InChI=1S/C18H20N4O3/c1-12-2-4-13(5-3-12)17(24)19-14-8-10-22(11-9-14)18(25)15-6-7-16(23)21-20-15/h2-7,14H,8-11H2,1H3,(H,19,24)(H,21,23). The Kier molecular flexibility index (Phi) is 4.92. The van der Waals surface area contributed by atoms with Crippen LogP contribution in [0, 0.1) is 6.92 Å². The van der Waals surface area contributed by atoms with Crippen molar-refractivity contribution in [3.8, 4) is 0 Å². The van der Waals surface area contributed by atoms with Gasteiger partial charge in [0.2, 0.25) is 0 Å². The van der Waals surface area contributed by atoms with Gasteiger partial charge in [0, 0.05) is 30.8 Å². The summed E-state index contributed by atoms with van der Waals surface area (Å²) in [6, 6.07) is 10.2. The number of nitrogens with zero attached hydrogens (tertiary/aromatic N) is 2. The number of likely N-dealkylation sites (tertiary alicyclic amines) is 1. The molecule has 2 amide bonds. The first-order valence-electron chi connectivity index (χ1n) is 8.25. The number of aryl methyl sites for hydroxylation is 1. The maximum absolute atomic E-state index is 12.3. The number of hydrogen-bond acceptors (Lipinski definition) is 4. The lowest BCUT2D eigenvalue weighted by Gasteiger charge is -2.32. The first kappa shape index (κ1) is 16.9. The maximum atomic E-state index is 12.3. The lowest BCUT2D eigenvalue weighted by Crippen LogP contribution is -2.46. The van der Waals surface area contributed by atoms with Crippen molar-refractivity contribution in [2.24, 2.45) is 0 Å². The van der Waals surface area contributed by atoms with Gasteiger partial charge in [0.1, 0.15) is 5.69 Å². The molecule has 0 bridgehead atoms. The number of benzene rings is 1. The molecule has 130 valence electrons. The number of amides is 2. The molecule has 25 heavy (non-hydrogen) atoms. The summed E-state index contributed by atoms with van der Waals surface area (Å²) in [6.45, 7) is 3.06. The summed E-state index contributed by atoms with van der Waals surface area (Å²) in [7, 11) is 0. The Labute approximate surface area is 145 Å². The van der Waals surface area contributed by atoms with Crippen LogP contribution >= 0.6 is 0 Å². The number of aromatic nitrogens is 2. The summed E-state index contributed by atoms with van der Waals surface area (Å²) in [4.78, 5) is 37.3. The number of carbonyl (C=O) groups excluding carboxylic acids is 2. The van der Waals surface area contributed by atoms with Crippen LogP contribution in [0.4, 0.5) is 0 Å². The summed E-state index contributed by atoms with van der Waals surface area (Å²) < 4.78 is 0. The third-order valence-corrected chi connectivity index (χ3v) is 4.33. The van der Waals surface area contributed by atoms with Gasteiger partial charge >= 0.3 is 0 Å². The van der Waals surface area contributed by atoms with Crippen LogP contribution in [0.2, 0.25) is 0 Å². The van der Waals surface area contributed by atoms with E-state index in [4.69, 9.17) is 0 Å². The highest BCUT2D eigenvalue weighted by Crippen LogP contribution is 2.13. The third-order valence-electron chi connectivity index (χ3n) is 4.33. The van der Waals surface area contributed by atoms with E-state index < -0.39 is 0 Å². The number of carbonyl (C=O) groups is 2. The molecule has 1 saturated heterocycles. The molecule has 2 aromatic rings. The fourth-order valence-electron chi connectivity index (χ4n) is 2.83. The lowest BCUT2D eigenvalue weighted by molar-refractivity contribution is 0.0691. The van der Waals surface area contributed by atoms with Crippen LogP contribution in [-0.2, 0) is 0 Å². The van der Waals surface area contributed by atoms with Crippen molar-refractivity contribution in [1.82, 2.24) is 20.4 Å². The van der Waals surface area contributed by atoms with Crippen molar-refractivity contribution in [2.75, 3.05) is 13.1 Å². The maximum Gasteiger partial charge on any atom is 0.274 e. The second-order valence-electron chi connectivity index (χ2n) is 6.21. The Balaban J connectivity index is 1.54. The van der Waals surface area contributed by atoms with E-state index >= 15 is 0 Å². The fraction of sp³-hybridized carbons (Fsp3) is 0.333. The Morgan fingerprint density at radius 3 is 2.40 bits per heavy atom. The summed E-state index contributed by atoms with van der Waals surface area (Å²) in [5.74, 6) is -0.299. The van der Waals surface area contributed by atoms with Gasteiger partial charge in [-0.1, -0.05) is 17.7 Å². The molecule has 1 aliphatic heterocycles. The largest absolute Gasteiger partial charge is 0.349 e. The number of aromatic amines is 1. The highest BCUT2D eigenvalue weighted by molar-refractivity contribution is 5.94. The average Bonchev–Trinajstić information content (AvgIpc) is 2.63. The molecule has 0 atom stereocenters. The number of piperidine rings is 1. The molecular formula is C18H20N4O3. The molecule has 0 spiro atoms. The van der Waals surface area contributed by atoms with Crippen molar-refractivity contribution in [2.45, 2.75) is 25.8 Å². The molecule has 7 heteroatoms. The minimum Gasteiger partial charge on any atom is -0.349 e. The molecule has 7 nitrogen and oxygen atoms in total. The Hall–Kier alpha value is -2.96. The monoisotopic (exact) mass is 340 g/mol. The number of H-pyrrole nitrogens is 1. The van der Waals surface area contributed by atoms with E-state index in [1.807, 2.05) is 31.2 Å². The quantitative estimate of drug-likeness (QED) is 0.875. The molecule has 1 aliphatic rings. The zero-order valence-corrected chi connectivity index (χ0v) is 14.0. The molecule has 1 aromatic carbocycles. The summed E-state index contributed by atoms with van der Waals surface area (Å²) in [6.07, 6.45) is 1.37. The minimum absolute atomic E-state index is 0.0430. The Morgan fingerprint density at radius 2 is 1.80 bits per heavy atom. The van der Waals surface area contributed by atoms with Gasteiger partial charge in [0.05, 0.1) is 0 Å². The molecular weight excluding hydrogens is 320 g/mol. The van der Waals surface area contributed by atoms with Crippen LogP contribution in [0.25, 0.3) is 0 Å². The van der Waals surface area contributed by atoms with Gasteiger partial charge in [-0.2, -0.15) is 5.10 Å². The first-order chi connectivity index (χ1) is 12.0. The van der Waals surface area contributed by atoms with Gasteiger partial charge in [-0.3, -0.25) is 14.4 Å². The summed E-state index contributed by atoms with van der Waals surface area (Å²) >= 11 is 0. The van der Waals surface area contributed by atoms with E-state index in [9.17, 15) is 14.4 Å². The lowest BCUT2D eigenvalue weighted by atomic mass is 10.0. The fourth-order valence-corrected chi connectivity index (χ4v) is 2.83. The summed E-state index contributed by atoms with van der Waals surface area (Å²) in [5, 5.41) is 9.06. The van der Waals surface area contributed by atoms with E-state index in [2.05, 4.69) is 15.5 Å². The van der Waals surface area contributed by atoms with Crippen LogP contribution in [0.1, 0.15) is 39.3 Å². The van der Waals surface area contributed by atoms with Crippen LogP contribution in [-0.4, -0.2) is 46.0 Å². The van der Waals surface area contributed by atoms with Crippen molar-refractivity contribution in [1.29, 1.82) is 0 Å². The minimum atomic E-state index is -0.339. The van der Waals surface area contributed by atoms with Crippen LogP contribution in [0.5, 0.6) is 0 Å². The van der Waals surface area contributed by atoms with Crippen molar-refractivity contribution in [3.63, 3.8) is 0 Å². The molecule has 0 radical (unpaired) electrons. The van der Waals surface area contributed by atoms with Crippen molar-refractivity contribution >= 4 is 11.8 Å². The Morgan fingerprint density at radius 1 is 1.12 bits per heavy atom. The van der Waals surface area contributed by atoms with Gasteiger partial charge in [0.25, 0.3) is 17.4 Å². The average molecular weight is 340 g/mol. The van der Waals surface area contributed by atoms with E-state index in [1.54, 1.807) is 4.90 Å². The van der Waals surface area contributed by atoms with Gasteiger partial charge in [0.15, 0.2) is 0 Å². The van der Waals surface area contributed by atoms with Crippen LogP contribution in [0.3, 0.4) is 0 Å². The SMILES string of the molecule is Cc1ccc(C(=O)NC2CCN(C(=O)c3ccc(=O)[nH]n3)CC2)cc1. The van der Waals surface area contributed by atoms with Gasteiger partial charge in [-0.15, -0.1) is 0 Å². The first-order valence-corrected chi connectivity index (χ1v) is 8.25. The van der Waals surface area contributed by atoms with E-state index in [0.29, 0.717) is 31.5 Å². The van der Waals surface area contributed by atoms with E-state index in [0.717, 1.165) is 5.56 Å². The van der Waals surface area contributed by atoms with E-state index in [1.165, 1.54) is 12.1 Å². The predicted octanol–water partition coefficient (Wildman–Crippen LogP) is 1.11. The van der Waals surface area contributed by atoms with Gasteiger partial charge in [-0.25, -0.2) is 5.10 Å². The van der Waals surface area contributed by atoms with E-state index in [-0.39, 0.29) is 29.1 Å². The molecule has 1 aromatic heterocycles. The molecule has 1 fully saturated rings. The second-order valence-corrected chi connectivity index (χ2v) is 6.21. The number of rotatable bonds is 3. The molecule has 0 saturated carbocycles. The molecule has 2 heterocycles. The highest BCUT2D eigenvalue weighted by atomic mass is 16.2. The zero-order valence-electron chi connectivity index (χ0n) is 14.0.